The van der Waals surface area contributed by atoms with Crippen molar-refractivity contribution in [2.45, 2.75) is 59.1 Å². The molecule has 1 saturated heterocycles. The fraction of sp³-hybridized carbons (Fsp3) is 0.933. The first kappa shape index (κ1) is 16.4. The Hall–Kier alpha value is -0.610. The molecule has 1 atom stereocenters. The molecule has 19 heavy (non-hydrogen) atoms. The fourth-order valence-electron chi connectivity index (χ4n) is 2.41. The summed E-state index contributed by atoms with van der Waals surface area (Å²) in [5, 5.41) is 3.43. The zero-order valence-electron chi connectivity index (χ0n) is 13.2. The van der Waals surface area contributed by atoms with Crippen LogP contribution in [0.25, 0.3) is 0 Å². The van der Waals surface area contributed by atoms with E-state index < -0.39 is 5.60 Å². The van der Waals surface area contributed by atoms with E-state index in [1.54, 1.807) is 0 Å². The van der Waals surface area contributed by atoms with Gasteiger partial charge in [-0.05, 0) is 66.5 Å². The molecule has 1 aliphatic heterocycles. The average molecular weight is 270 g/mol. The Morgan fingerprint density at radius 1 is 1.42 bits per heavy atom. The maximum absolute atomic E-state index is 11.9. The normalized spacial score (nSPS) is 20.9. The van der Waals surface area contributed by atoms with Gasteiger partial charge in [-0.15, -0.1) is 0 Å². The van der Waals surface area contributed by atoms with Crippen molar-refractivity contribution in [1.29, 1.82) is 0 Å². The molecule has 4 heteroatoms. The van der Waals surface area contributed by atoms with Gasteiger partial charge >= 0.3 is 5.97 Å². The molecule has 1 heterocycles. The summed E-state index contributed by atoms with van der Waals surface area (Å²) < 4.78 is 5.41. The molecule has 1 unspecified atom stereocenters. The lowest BCUT2D eigenvalue weighted by molar-refractivity contribution is -0.156. The van der Waals surface area contributed by atoms with Gasteiger partial charge in [0.25, 0.3) is 0 Å². The molecular formula is C15H30N2O2. The van der Waals surface area contributed by atoms with E-state index in [-0.39, 0.29) is 5.97 Å². The number of hydrogen-bond donors (Lipinski definition) is 1. The van der Waals surface area contributed by atoms with Crippen LogP contribution >= 0.6 is 0 Å². The van der Waals surface area contributed by atoms with Gasteiger partial charge in [-0.3, -0.25) is 9.69 Å². The molecule has 0 aromatic carbocycles. The number of hydrogen-bond acceptors (Lipinski definition) is 4. The minimum absolute atomic E-state index is 0.120. The van der Waals surface area contributed by atoms with Gasteiger partial charge in [0.15, 0.2) is 0 Å². The van der Waals surface area contributed by atoms with E-state index in [9.17, 15) is 4.79 Å². The van der Waals surface area contributed by atoms with Crippen LogP contribution in [0, 0.1) is 5.92 Å². The van der Waals surface area contributed by atoms with Crippen LogP contribution in [0.2, 0.25) is 0 Å². The van der Waals surface area contributed by atoms with Crippen molar-refractivity contribution in [2.75, 3.05) is 26.2 Å². The summed E-state index contributed by atoms with van der Waals surface area (Å²) in [6, 6.07) is 0.370. The second-order valence-corrected chi connectivity index (χ2v) is 6.82. The highest BCUT2D eigenvalue weighted by Crippen LogP contribution is 2.14. The van der Waals surface area contributed by atoms with Crippen molar-refractivity contribution in [3.8, 4) is 0 Å². The van der Waals surface area contributed by atoms with Gasteiger partial charge in [0.2, 0.25) is 0 Å². The van der Waals surface area contributed by atoms with Crippen LogP contribution in [0.1, 0.15) is 47.5 Å². The Balaban J connectivity index is 2.45. The molecule has 4 nitrogen and oxygen atoms in total. The second kappa shape index (κ2) is 7.25. The summed E-state index contributed by atoms with van der Waals surface area (Å²) in [4.78, 5) is 14.2. The number of esters is 1. The monoisotopic (exact) mass is 270 g/mol. The van der Waals surface area contributed by atoms with Gasteiger partial charge < -0.3 is 10.1 Å². The van der Waals surface area contributed by atoms with Crippen molar-refractivity contribution >= 4 is 5.97 Å². The number of piperidine rings is 1. The van der Waals surface area contributed by atoms with Crippen molar-refractivity contribution in [2.24, 2.45) is 5.92 Å². The molecule has 0 aliphatic carbocycles. The van der Waals surface area contributed by atoms with Crippen LogP contribution in [0.5, 0.6) is 0 Å². The van der Waals surface area contributed by atoms with Crippen LogP contribution in [-0.4, -0.2) is 48.7 Å². The molecule has 0 amide bonds. The molecule has 0 spiro atoms. The van der Waals surface area contributed by atoms with E-state index >= 15 is 0 Å². The van der Waals surface area contributed by atoms with Gasteiger partial charge in [-0.1, -0.05) is 0 Å². The van der Waals surface area contributed by atoms with Crippen molar-refractivity contribution in [3.63, 3.8) is 0 Å². The molecule has 1 rings (SSSR count). The summed E-state index contributed by atoms with van der Waals surface area (Å²) in [7, 11) is 0. The van der Waals surface area contributed by atoms with Crippen molar-refractivity contribution < 1.29 is 9.53 Å². The predicted molar refractivity (Wildman–Crippen MR) is 78.1 cm³/mol. The number of carbonyl (C=O) groups excluding carboxylic acids is 1. The topological polar surface area (TPSA) is 41.6 Å². The molecule has 0 aromatic rings. The Morgan fingerprint density at radius 2 is 2.11 bits per heavy atom. The highest BCUT2D eigenvalue weighted by Gasteiger charge is 2.23. The third-order valence-corrected chi connectivity index (χ3v) is 3.37. The lowest BCUT2D eigenvalue weighted by Gasteiger charge is -2.32. The van der Waals surface area contributed by atoms with E-state index in [2.05, 4.69) is 24.1 Å². The zero-order valence-corrected chi connectivity index (χ0v) is 13.2. The first-order chi connectivity index (χ1) is 8.78. The van der Waals surface area contributed by atoms with E-state index in [0.29, 0.717) is 18.5 Å². The van der Waals surface area contributed by atoms with Crippen LogP contribution in [0.4, 0.5) is 0 Å². The molecule has 1 aliphatic rings. The molecule has 0 aromatic heterocycles. The largest absolute Gasteiger partial charge is 0.459 e. The molecule has 0 bridgehead atoms. The molecular weight excluding hydrogens is 240 g/mol. The fourth-order valence-corrected chi connectivity index (χ4v) is 2.41. The Labute approximate surface area is 117 Å². The van der Waals surface area contributed by atoms with Crippen LogP contribution in [0.3, 0.4) is 0 Å². The summed E-state index contributed by atoms with van der Waals surface area (Å²) in [6.07, 6.45) is 2.49. The van der Waals surface area contributed by atoms with Crippen molar-refractivity contribution in [1.82, 2.24) is 10.2 Å². The first-order valence-electron chi connectivity index (χ1n) is 7.44. The molecule has 0 saturated carbocycles. The van der Waals surface area contributed by atoms with Gasteiger partial charge in [0.05, 0.1) is 6.54 Å². The number of ether oxygens (including phenoxy) is 1. The van der Waals surface area contributed by atoms with Gasteiger partial charge in [-0.25, -0.2) is 0 Å². The molecule has 1 N–H and O–H groups in total. The number of nitrogens with zero attached hydrogens (tertiary/aromatic N) is 1. The van der Waals surface area contributed by atoms with Crippen LogP contribution in [-0.2, 0) is 9.53 Å². The smallest absolute Gasteiger partial charge is 0.320 e. The summed E-state index contributed by atoms with van der Waals surface area (Å²) in [6.45, 7) is 13.6. The molecule has 112 valence electrons. The van der Waals surface area contributed by atoms with Crippen LogP contribution < -0.4 is 5.32 Å². The van der Waals surface area contributed by atoms with E-state index in [0.717, 1.165) is 19.6 Å². The summed E-state index contributed by atoms with van der Waals surface area (Å²) in [5.41, 5.74) is -0.397. The highest BCUT2D eigenvalue weighted by atomic mass is 16.6. The third kappa shape index (κ3) is 6.92. The maximum Gasteiger partial charge on any atom is 0.320 e. The van der Waals surface area contributed by atoms with Gasteiger partial charge in [0.1, 0.15) is 5.60 Å². The van der Waals surface area contributed by atoms with Gasteiger partial charge in [-0.2, -0.15) is 0 Å². The maximum atomic E-state index is 11.9. The number of rotatable bonds is 5. The lowest BCUT2D eigenvalue weighted by Crippen LogP contribution is -2.44. The SMILES string of the molecule is CC(C)N(CC(=O)OC(C)(C)C)CC1CCCNC1. The lowest BCUT2D eigenvalue weighted by atomic mass is 9.98. The van der Waals surface area contributed by atoms with E-state index in [4.69, 9.17) is 4.74 Å². The Morgan fingerprint density at radius 3 is 2.58 bits per heavy atom. The van der Waals surface area contributed by atoms with Crippen molar-refractivity contribution in [3.05, 3.63) is 0 Å². The zero-order chi connectivity index (χ0) is 14.5. The summed E-state index contributed by atoms with van der Waals surface area (Å²) in [5.74, 6) is 0.531. The Bertz CT molecular complexity index is 278. The highest BCUT2D eigenvalue weighted by molar-refractivity contribution is 5.72. The summed E-state index contributed by atoms with van der Waals surface area (Å²) >= 11 is 0. The minimum atomic E-state index is -0.397. The number of nitrogens with one attached hydrogen (secondary N) is 1. The van der Waals surface area contributed by atoms with Crippen LogP contribution in [0.15, 0.2) is 0 Å². The van der Waals surface area contributed by atoms with E-state index in [1.807, 2.05) is 20.8 Å². The quantitative estimate of drug-likeness (QED) is 0.776. The van der Waals surface area contributed by atoms with Gasteiger partial charge in [0, 0.05) is 12.6 Å². The molecule has 0 radical (unpaired) electrons. The number of carbonyl (C=O) groups is 1. The predicted octanol–water partition coefficient (Wildman–Crippen LogP) is 2.04. The molecule has 1 fully saturated rings. The second-order valence-electron chi connectivity index (χ2n) is 6.82. The third-order valence-electron chi connectivity index (χ3n) is 3.37. The Kier molecular flexibility index (Phi) is 6.27. The standard InChI is InChI=1S/C15H30N2O2/c1-12(2)17(10-13-7-6-8-16-9-13)11-14(18)19-15(3,4)5/h12-13,16H,6-11H2,1-5H3. The minimum Gasteiger partial charge on any atom is -0.459 e. The van der Waals surface area contributed by atoms with E-state index in [1.165, 1.54) is 12.8 Å². The first-order valence-corrected chi connectivity index (χ1v) is 7.44. The average Bonchev–Trinajstić information content (AvgIpc) is 2.26.